The van der Waals surface area contributed by atoms with E-state index >= 15 is 0 Å². The number of rotatable bonds is 6. The van der Waals surface area contributed by atoms with E-state index < -0.39 is 15.6 Å². The first kappa shape index (κ1) is 21.3. The number of ether oxygens (including phenoxy) is 1. The van der Waals surface area contributed by atoms with Gasteiger partial charge in [0.2, 0.25) is 15.9 Å². The molecule has 0 aliphatic carbocycles. The number of nitrogens with one attached hydrogen (secondary N) is 1. The second kappa shape index (κ2) is 8.16. The second-order valence-electron chi connectivity index (χ2n) is 8.24. The van der Waals surface area contributed by atoms with Crippen LogP contribution in [0.2, 0.25) is 0 Å². The molecule has 6 nitrogen and oxygen atoms in total. The Morgan fingerprint density at radius 1 is 1.17 bits per heavy atom. The van der Waals surface area contributed by atoms with E-state index in [9.17, 15) is 13.2 Å². The van der Waals surface area contributed by atoms with Gasteiger partial charge in [0.15, 0.2) is 0 Å². The minimum atomic E-state index is -3.54. The summed E-state index contributed by atoms with van der Waals surface area (Å²) in [6.45, 7) is 5.85. The van der Waals surface area contributed by atoms with E-state index in [1.165, 1.54) is 4.31 Å². The van der Waals surface area contributed by atoms with Gasteiger partial charge in [-0.05, 0) is 32.4 Å². The second-order valence-corrected chi connectivity index (χ2v) is 10.2. The van der Waals surface area contributed by atoms with Crippen LogP contribution in [0.1, 0.15) is 43.0 Å². The van der Waals surface area contributed by atoms with Crippen LogP contribution in [0.4, 0.5) is 0 Å². The van der Waals surface area contributed by atoms with Gasteiger partial charge in [0, 0.05) is 18.5 Å². The number of carbonyl (C=O) groups excluding carboxylic acids is 1. The molecule has 1 N–H and O–H groups in total. The zero-order valence-corrected chi connectivity index (χ0v) is 18.1. The molecular weight excluding hydrogens is 388 g/mol. The lowest BCUT2D eigenvalue weighted by atomic mass is 9.89. The predicted octanol–water partition coefficient (Wildman–Crippen LogP) is 3.18. The summed E-state index contributed by atoms with van der Waals surface area (Å²) in [5.41, 5.74) is 2.42. The van der Waals surface area contributed by atoms with Crippen molar-refractivity contribution in [2.24, 2.45) is 0 Å². The van der Waals surface area contributed by atoms with Crippen LogP contribution < -0.4 is 10.1 Å². The molecular formula is C22H28N2O4S. The number of amides is 1. The summed E-state index contributed by atoms with van der Waals surface area (Å²) < 4.78 is 31.7. The van der Waals surface area contributed by atoms with E-state index in [1.54, 1.807) is 0 Å². The molecule has 0 saturated carbocycles. The molecule has 1 aliphatic rings. The highest BCUT2D eigenvalue weighted by atomic mass is 32.2. The lowest BCUT2D eigenvalue weighted by Gasteiger charge is -2.38. The SMILES string of the molecule is Cc1ccc(CN(CC(=O)N[C@H]2CC(C)(C)Oc3ccccc32)S(C)(=O)=O)cc1. The lowest BCUT2D eigenvalue weighted by molar-refractivity contribution is -0.122. The zero-order valence-electron chi connectivity index (χ0n) is 17.3. The van der Waals surface area contributed by atoms with Crippen molar-refractivity contribution >= 4 is 15.9 Å². The van der Waals surface area contributed by atoms with Gasteiger partial charge in [-0.1, -0.05) is 48.0 Å². The molecule has 1 atom stereocenters. The third-order valence-corrected chi connectivity index (χ3v) is 6.18. The highest BCUT2D eigenvalue weighted by Crippen LogP contribution is 2.39. The fourth-order valence-corrected chi connectivity index (χ4v) is 4.25. The monoisotopic (exact) mass is 416 g/mol. The quantitative estimate of drug-likeness (QED) is 0.785. The van der Waals surface area contributed by atoms with Crippen molar-refractivity contribution < 1.29 is 17.9 Å². The summed E-state index contributed by atoms with van der Waals surface area (Å²) in [6.07, 6.45) is 1.73. The van der Waals surface area contributed by atoms with Gasteiger partial charge in [0.1, 0.15) is 11.4 Å². The fraction of sp³-hybridized carbons (Fsp3) is 0.409. The zero-order chi connectivity index (χ0) is 21.2. The Balaban J connectivity index is 1.74. The van der Waals surface area contributed by atoms with Crippen LogP contribution in [0.5, 0.6) is 5.75 Å². The Labute approximate surface area is 172 Å². The summed E-state index contributed by atoms with van der Waals surface area (Å²) in [6, 6.07) is 15.0. The number of hydrogen-bond donors (Lipinski definition) is 1. The van der Waals surface area contributed by atoms with Crippen LogP contribution in [-0.2, 0) is 21.4 Å². The molecule has 0 radical (unpaired) electrons. The summed E-state index contributed by atoms with van der Waals surface area (Å²) in [4.78, 5) is 12.8. The van der Waals surface area contributed by atoms with Gasteiger partial charge in [-0.3, -0.25) is 4.79 Å². The van der Waals surface area contributed by atoms with Gasteiger partial charge in [0.25, 0.3) is 0 Å². The first-order valence-electron chi connectivity index (χ1n) is 9.61. The summed E-state index contributed by atoms with van der Waals surface area (Å²) >= 11 is 0. The van der Waals surface area contributed by atoms with Gasteiger partial charge >= 0.3 is 0 Å². The van der Waals surface area contributed by atoms with Gasteiger partial charge < -0.3 is 10.1 Å². The van der Waals surface area contributed by atoms with Crippen molar-refractivity contribution in [3.8, 4) is 5.75 Å². The molecule has 29 heavy (non-hydrogen) atoms. The lowest BCUT2D eigenvalue weighted by Crippen LogP contribution is -2.45. The minimum Gasteiger partial charge on any atom is -0.487 e. The molecule has 0 spiro atoms. The number of para-hydroxylation sites is 1. The average Bonchev–Trinajstić information content (AvgIpc) is 2.61. The minimum absolute atomic E-state index is 0.155. The van der Waals surface area contributed by atoms with Crippen LogP contribution in [0.15, 0.2) is 48.5 Å². The molecule has 0 fully saturated rings. The normalized spacial score (nSPS) is 18.0. The summed E-state index contributed by atoms with van der Waals surface area (Å²) in [7, 11) is -3.54. The molecule has 3 rings (SSSR count). The third kappa shape index (κ3) is 5.58. The number of aryl methyl sites for hydroxylation is 1. The standard InChI is InChI=1S/C22H28N2O4S/c1-16-9-11-17(12-10-16)14-24(29(4,26)27)15-21(25)23-19-13-22(2,3)28-20-8-6-5-7-18(19)20/h5-12,19H,13-15H2,1-4H3,(H,23,25)/t19-/m0/s1. The number of carbonyl (C=O) groups is 1. The Hall–Kier alpha value is -2.38. The fourth-order valence-electron chi connectivity index (χ4n) is 3.52. The van der Waals surface area contributed by atoms with E-state index in [2.05, 4.69) is 5.32 Å². The highest BCUT2D eigenvalue weighted by molar-refractivity contribution is 7.88. The number of fused-ring (bicyclic) bond motifs is 1. The van der Waals surface area contributed by atoms with E-state index in [0.29, 0.717) is 6.42 Å². The van der Waals surface area contributed by atoms with E-state index in [1.807, 2.05) is 69.3 Å². The van der Waals surface area contributed by atoms with Crippen LogP contribution in [0, 0.1) is 6.92 Å². The van der Waals surface area contributed by atoms with Crippen molar-refractivity contribution in [1.82, 2.24) is 9.62 Å². The van der Waals surface area contributed by atoms with Crippen molar-refractivity contribution in [2.45, 2.75) is 45.4 Å². The molecule has 0 aromatic heterocycles. The predicted molar refractivity (Wildman–Crippen MR) is 113 cm³/mol. The maximum Gasteiger partial charge on any atom is 0.235 e. The van der Waals surface area contributed by atoms with Crippen molar-refractivity contribution in [3.63, 3.8) is 0 Å². The Morgan fingerprint density at radius 3 is 2.48 bits per heavy atom. The van der Waals surface area contributed by atoms with Gasteiger partial charge in [-0.15, -0.1) is 0 Å². The average molecular weight is 417 g/mol. The van der Waals surface area contributed by atoms with E-state index in [0.717, 1.165) is 28.7 Å². The first-order chi connectivity index (χ1) is 13.5. The van der Waals surface area contributed by atoms with Crippen LogP contribution in [0.25, 0.3) is 0 Å². The Bertz CT molecular complexity index is 984. The number of benzene rings is 2. The Morgan fingerprint density at radius 2 is 1.83 bits per heavy atom. The largest absolute Gasteiger partial charge is 0.487 e. The van der Waals surface area contributed by atoms with Crippen LogP contribution in [-0.4, -0.2) is 37.0 Å². The topological polar surface area (TPSA) is 75.7 Å². The molecule has 1 heterocycles. The van der Waals surface area contributed by atoms with E-state index in [4.69, 9.17) is 4.74 Å². The highest BCUT2D eigenvalue weighted by Gasteiger charge is 2.34. The molecule has 0 bridgehead atoms. The van der Waals surface area contributed by atoms with Crippen LogP contribution >= 0.6 is 0 Å². The maximum absolute atomic E-state index is 12.8. The number of sulfonamides is 1. The molecule has 2 aromatic carbocycles. The summed E-state index contributed by atoms with van der Waals surface area (Å²) in [5.74, 6) is 0.411. The molecule has 1 aliphatic heterocycles. The van der Waals surface area contributed by atoms with Gasteiger partial charge in [0.05, 0.1) is 18.8 Å². The van der Waals surface area contributed by atoms with Crippen molar-refractivity contribution in [3.05, 3.63) is 65.2 Å². The molecule has 2 aromatic rings. The molecule has 156 valence electrons. The third-order valence-electron chi connectivity index (χ3n) is 4.98. The van der Waals surface area contributed by atoms with Gasteiger partial charge in [-0.2, -0.15) is 4.31 Å². The van der Waals surface area contributed by atoms with E-state index in [-0.39, 0.29) is 25.0 Å². The maximum atomic E-state index is 12.8. The molecule has 1 amide bonds. The summed E-state index contributed by atoms with van der Waals surface area (Å²) in [5, 5.41) is 3.00. The van der Waals surface area contributed by atoms with Crippen molar-refractivity contribution in [2.75, 3.05) is 12.8 Å². The molecule has 7 heteroatoms. The van der Waals surface area contributed by atoms with Crippen LogP contribution in [0.3, 0.4) is 0 Å². The number of hydrogen-bond acceptors (Lipinski definition) is 4. The molecule has 0 saturated heterocycles. The first-order valence-corrected chi connectivity index (χ1v) is 11.5. The Kier molecular flexibility index (Phi) is 6.00. The molecule has 0 unspecified atom stereocenters. The smallest absolute Gasteiger partial charge is 0.235 e. The van der Waals surface area contributed by atoms with Crippen molar-refractivity contribution in [1.29, 1.82) is 0 Å². The van der Waals surface area contributed by atoms with Gasteiger partial charge in [-0.25, -0.2) is 8.42 Å². The number of nitrogens with zero attached hydrogens (tertiary/aromatic N) is 1.